The van der Waals surface area contributed by atoms with Crippen LogP contribution in [0.5, 0.6) is 0 Å². The van der Waals surface area contributed by atoms with E-state index in [1.54, 1.807) is 18.2 Å². The van der Waals surface area contributed by atoms with Crippen molar-refractivity contribution in [3.8, 4) is 73.5 Å². The number of benzene rings is 7. The Labute approximate surface area is 356 Å². The van der Waals surface area contributed by atoms with Gasteiger partial charge in [0.1, 0.15) is 0 Å². The molecule has 0 N–H and O–H groups in total. The van der Waals surface area contributed by atoms with E-state index >= 15 is 0 Å². The molecule has 63 heavy (non-hydrogen) atoms. The van der Waals surface area contributed by atoms with Gasteiger partial charge in [-0.05, 0) is 48.5 Å². The minimum atomic E-state index is -4.74. The van der Waals surface area contributed by atoms with E-state index < -0.39 is 23.5 Å². The quantitative estimate of drug-likeness (QED) is 0.150. The van der Waals surface area contributed by atoms with Crippen LogP contribution in [0.15, 0.2) is 188 Å². The second kappa shape index (κ2) is 15.5. The summed E-state index contributed by atoms with van der Waals surface area (Å²) in [5.74, 6) is 0.634. The Kier molecular flexibility index (Phi) is 9.67. The molecule has 0 spiro atoms. The fourth-order valence-electron chi connectivity index (χ4n) is 7.85. The molecule has 3 aromatic heterocycles. The zero-order valence-corrected chi connectivity index (χ0v) is 32.9. The summed E-state index contributed by atoms with van der Waals surface area (Å²) < 4.78 is 88.1. The number of rotatable bonds is 7. The number of aromatic nitrogens is 5. The lowest BCUT2D eigenvalue weighted by molar-refractivity contribution is -0.138. The SMILES string of the molecule is FC(F)(F)c1ccc2c3ccc(C(F)(F)F)cc3n(-c3ccc(-c4cc(-c5ccccc5)nc(-c5ccccc5)n4)cc3-c3nc(-c4ccccc4)cc(-c4ccccc4)n3)c2c1. The van der Waals surface area contributed by atoms with Gasteiger partial charge in [0, 0.05) is 44.2 Å². The number of alkyl halides is 6. The van der Waals surface area contributed by atoms with Crippen LogP contribution in [-0.4, -0.2) is 24.5 Å². The zero-order chi connectivity index (χ0) is 43.3. The van der Waals surface area contributed by atoms with Crippen molar-refractivity contribution >= 4 is 21.8 Å². The van der Waals surface area contributed by atoms with Crippen molar-refractivity contribution < 1.29 is 26.3 Å². The van der Waals surface area contributed by atoms with Crippen LogP contribution in [0.1, 0.15) is 11.1 Å². The van der Waals surface area contributed by atoms with E-state index in [0.717, 1.165) is 46.5 Å². The molecule has 10 rings (SSSR count). The summed E-state index contributed by atoms with van der Waals surface area (Å²) in [6.07, 6.45) is -9.48. The maximum absolute atomic E-state index is 14.4. The van der Waals surface area contributed by atoms with Gasteiger partial charge in [-0.15, -0.1) is 0 Å². The predicted octanol–water partition coefficient (Wildman–Crippen LogP) is 14.4. The predicted molar refractivity (Wildman–Crippen MR) is 235 cm³/mol. The van der Waals surface area contributed by atoms with E-state index in [-0.39, 0.29) is 22.5 Å². The first-order valence-corrected chi connectivity index (χ1v) is 19.9. The van der Waals surface area contributed by atoms with E-state index in [1.807, 2.05) is 133 Å². The topological polar surface area (TPSA) is 56.5 Å². The summed E-state index contributed by atoms with van der Waals surface area (Å²) in [7, 11) is 0. The first-order chi connectivity index (χ1) is 30.5. The van der Waals surface area contributed by atoms with Gasteiger partial charge in [-0.3, -0.25) is 0 Å². The lowest BCUT2D eigenvalue weighted by Gasteiger charge is -2.18. The number of hydrogen-bond donors (Lipinski definition) is 0. The van der Waals surface area contributed by atoms with Crippen LogP contribution in [-0.2, 0) is 12.4 Å². The molecule has 0 bridgehead atoms. The summed E-state index contributed by atoms with van der Waals surface area (Å²) in [6, 6.07) is 53.3. The van der Waals surface area contributed by atoms with Crippen molar-refractivity contribution in [1.29, 1.82) is 0 Å². The molecule has 0 amide bonds. The molecule has 0 atom stereocenters. The molecule has 0 saturated carbocycles. The van der Waals surface area contributed by atoms with E-state index in [0.29, 0.717) is 50.5 Å². The molecular formula is C52H31F6N5. The molecule has 7 aromatic carbocycles. The van der Waals surface area contributed by atoms with Crippen molar-refractivity contribution in [3.63, 3.8) is 0 Å². The van der Waals surface area contributed by atoms with Gasteiger partial charge in [0.2, 0.25) is 0 Å². The molecule has 0 aliphatic rings. The highest BCUT2D eigenvalue weighted by molar-refractivity contribution is 6.10. The van der Waals surface area contributed by atoms with Gasteiger partial charge < -0.3 is 4.57 Å². The van der Waals surface area contributed by atoms with Gasteiger partial charge in [-0.2, -0.15) is 26.3 Å². The van der Waals surface area contributed by atoms with E-state index in [9.17, 15) is 26.3 Å². The molecule has 0 radical (unpaired) electrons. The van der Waals surface area contributed by atoms with Crippen LogP contribution < -0.4 is 0 Å². The zero-order valence-electron chi connectivity index (χ0n) is 32.9. The number of halogens is 6. The maximum Gasteiger partial charge on any atom is 0.416 e. The molecule has 5 nitrogen and oxygen atoms in total. The minimum Gasteiger partial charge on any atom is -0.308 e. The van der Waals surface area contributed by atoms with E-state index in [1.165, 1.54) is 16.7 Å². The van der Waals surface area contributed by atoms with Crippen LogP contribution >= 0.6 is 0 Å². The normalized spacial score (nSPS) is 12.0. The van der Waals surface area contributed by atoms with Crippen molar-refractivity contribution in [1.82, 2.24) is 24.5 Å². The third kappa shape index (κ3) is 7.58. The fourth-order valence-corrected chi connectivity index (χ4v) is 7.85. The number of fused-ring (bicyclic) bond motifs is 3. The molecule has 0 saturated heterocycles. The third-order valence-corrected chi connectivity index (χ3v) is 10.9. The molecule has 0 unspecified atom stereocenters. The second-order valence-electron chi connectivity index (χ2n) is 14.9. The van der Waals surface area contributed by atoms with Crippen LogP contribution in [0.3, 0.4) is 0 Å². The molecule has 10 aromatic rings. The third-order valence-electron chi connectivity index (χ3n) is 10.9. The summed E-state index contributed by atoms with van der Waals surface area (Å²) in [6.45, 7) is 0. The van der Waals surface area contributed by atoms with Crippen molar-refractivity contribution in [3.05, 3.63) is 199 Å². The Balaban J connectivity index is 1.31. The summed E-state index contributed by atoms with van der Waals surface area (Å²) in [4.78, 5) is 20.1. The number of nitrogens with zero attached hydrogens (tertiary/aromatic N) is 5. The van der Waals surface area contributed by atoms with Crippen LogP contribution in [0, 0.1) is 0 Å². The van der Waals surface area contributed by atoms with Crippen LogP contribution in [0.25, 0.3) is 95.3 Å². The Bertz CT molecular complexity index is 3110. The standard InChI is InChI=1S/C52H31F6N5/c53-51(54,55)37-22-24-39-40-25-23-38(52(56,57)58)29-48(40)63(47(39)28-37)46-26-21-36(45-31-42(32-13-5-1-6-14-32)59-49(60-45)35-19-11-4-12-20-35)27-41(46)50-61-43(33-15-7-2-8-16-33)30-44(62-50)34-17-9-3-10-18-34/h1-31H. The Morgan fingerprint density at radius 3 is 1.13 bits per heavy atom. The highest BCUT2D eigenvalue weighted by atomic mass is 19.4. The average molecular weight is 840 g/mol. The monoisotopic (exact) mass is 839 g/mol. The van der Waals surface area contributed by atoms with Gasteiger partial charge in [-0.1, -0.05) is 140 Å². The largest absolute Gasteiger partial charge is 0.416 e. The minimum absolute atomic E-state index is 0.0513. The Morgan fingerprint density at radius 1 is 0.333 bits per heavy atom. The highest BCUT2D eigenvalue weighted by Crippen LogP contribution is 2.43. The maximum atomic E-state index is 14.4. The molecule has 0 aliphatic heterocycles. The van der Waals surface area contributed by atoms with E-state index in [4.69, 9.17) is 19.9 Å². The molecular weight excluding hydrogens is 809 g/mol. The highest BCUT2D eigenvalue weighted by Gasteiger charge is 2.34. The fraction of sp³-hybridized carbons (Fsp3) is 0.0385. The molecule has 306 valence electrons. The van der Waals surface area contributed by atoms with Crippen LogP contribution in [0.2, 0.25) is 0 Å². The Hall–Kier alpha value is -7.92. The van der Waals surface area contributed by atoms with Gasteiger partial charge >= 0.3 is 12.4 Å². The van der Waals surface area contributed by atoms with Crippen molar-refractivity contribution in [2.24, 2.45) is 0 Å². The van der Waals surface area contributed by atoms with E-state index in [2.05, 4.69) is 0 Å². The molecule has 0 fully saturated rings. The smallest absolute Gasteiger partial charge is 0.308 e. The summed E-state index contributed by atoms with van der Waals surface area (Å²) in [5, 5.41) is 0.669. The molecule has 11 heteroatoms. The lowest BCUT2D eigenvalue weighted by Crippen LogP contribution is -2.07. The second-order valence-corrected chi connectivity index (χ2v) is 14.9. The van der Waals surface area contributed by atoms with Gasteiger partial charge in [0.05, 0.1) is 50.6 Å². The summed E-state index contributed by atoms with van der Waals surface area (Å²) >= 11 is 0. The lowest BCUT2D eigenvalue weighted by atomic mass is 10.0. The summed E-state index contributed by atoms with van der Waals surface area (Å²) in [5.41, 5.74) is 4.76. The Morgan fingerprint density at radius 2 is 0.714 bits per heavy atom. The van der Waals surface area contributed by atoms with Crippen molar-refractivity contribution in [2.75, 3.05) is 0 Å². The first-order valence-electron chi connectivity index (χ1n) is 19.9. The van der Waals surface area contributed by atoms with Gasteiger partial charge in [-0.25, -0.2) is 19.9 Å². The molecule has 3 heterocycles. The van der Waals surface area contributed by atoms with Gasteiger partial charge in [0.25, 0.3) is 0 Å². The van der Waals surface area contributed by atoms with Crippen molar-refractivity contribution in [2.45, 2.75) is 12.4 Å². The molecule has 0 aliphatic carbocycles. The first kappa shape index (κ1) is 39.2. The number of hydrogen-bond acceptors (Lipinski definition) is 4. The van der Waals surface area contributed by atoms with Gasteiger partial charge in [0.15, 0.2) is 11.6 Å². The van der Waals surface area contributed by atoms with Crippen LogP contribution in [0.4, 0.5) is 26.3 Å². The average Bonchev–Trinajstić information content (AvgIpc) is 3.64.